The highest BCUT2D eigenvalue weighted by atomic mass is 32.2. The SMILES string of the molecule is CC1CN(Cc2cccc(CNC(=O)CCNS(=O)(=O)c3ccc4c(c3)CCCC4)c2)CCO1. The van der Waals surface area contributed by atoms with Crippen LogP contribution in [0.4, 0.5) is 0 Å². The number of hydrogen-bond donors (Lipinski definition) is 2. The third-order valence-electron chi connectivity index (χ3n) is 6.49. The summed E-state index contributed by atoms with van der Waals surface area (Å²) >= 11 is 0. The smallest absolute Gasteiger partial charge is 0.240 e. The first-order chi connectivity index (χ1) is 16.4. The molecule has 1 aliphatic carbocycles. The highest BCUT2D eigenvalue weighted by Gasteiger charge is 2.18. The number of nitrogens with zero attached hydrogens (tertiary/aromatic N) is 1. The number of nitrogens with one attached hydrogen (secondary N) is 2. The molecule has 1 amide bonds. The summed E-state index contributed by atoms with van der Waals surface area (Å²) < 4.78 is 33.5. The molecule has 0 aromatic heterocycles. The second-order valence-electron chi connectivity index (χ2n) is 9.30. The van der Waals surface area contributed by atoms with Crippen LogP contribution < -0.4 is 10.0 Å². The number of rotatable bonds is 9. The van der Waals surface area contributed by atoms with Gasteiger partial charge < -0.3 is 10.1 Å². The first-order valence-electron chi connectivity index (χ1n) is 12.2. The van der Waals surface area contributed by atoms with E-state index in [1.807, 2.05) is 18.2 Å². The molecule has 1 heterocycles. The minimum absolute atomic E-state index is 0.0699. The third kappa shape index (κ3) is 6.88. The number of benzene rings is 2. The second kappa shape index (κ2) is 11.4. The maximum Gasteiger partial charge on any atom is 0.240 e. The van der Waals surface area contributed by atoms with Crippen molar-refractivity contribution in [3.05, 3.63) is 64.7 Å². The van der Waals surface area contributed by atoms with E-state index < -0.39 is 10.0 Å². The van der Waals surface area contributed by atoms with Gasteiger partial charge in [-0.25, -0.2) is 13.1 Å². The molecule has 0 spiro atoms. The lowest BCUT2D eigenvalue weighted by molar-refractivity contribution is -0.121. The average Bonchev–Trinajstić information content (AvgIpc) is 2.82. The van der Waals surface area contributed by atoms with E-state index in [-0.39, 0.29) is 29.9 Å². The van der Waals surface area contributed by atoms with Crippen LogP contribution >= 0.6 is 0 Å². The quantitative estimate of drug-likeness (QED) is 0.570. The number of aryl methyl sites for hydroxylation is 2. The Morgan fingerprint density at radius 2 is 1.88 bits per heavy atom. The molecule has 7 nitrogen and oxygen atoms in total. The lowest BCUT2D eigenvalue weighted by Gasteiger charge is -2.31. The van der Waals surface area contributed by atoms with Gasteiger partial charge in [-0.2, -0.15) is 0 Å². The molecule has 1 fully saturated rings. The summed E-state index contributed by atoms with van der Waals surface area (Å²) in [5, 5.41) is 2.90. The van der Waals surface area contributed by atoms with E-state index in [1.165, 1.54) is 11.1 Å². The van der Waals surface area contributed by atoms with Crippen LogP contribution in [0.1, 0.15) is 48.4 Å². The number of morpholine rings is 1. The van der Waals surface area contributed by atoms with E-state index >= 15 is 0 Å². The molecule has 4 rings (SSSR count). The Balaban J connectivity index is 1.22. The Hall–Kier alpha value is -2.26. The molecule has 1 saturated heterocycles. The molecule has 8 heteroatoms. The topological polar surface area (TPSA) is 87.7 Å². The zero-order valence-corrected chi connectivity index (χ0v) is 20.7. The summed E-state index contributed by atoms with van der Waals surface area (Å²) in [6, 6.07) is 13.6. The van der Waals surface area contributed by atoms with Gasteiger partial charge in [-0.3, -0.25) is 9.69 Å². The maximum absolute atomic E-state index is 12.6. The second-order valence-corrected chi connectivity index (χ2v) is 11.1. The Bertz CT molecular complexity index is 1100. The number of amides is 1. The molecule has 1 aliphatic heterocycles. The van der Waals surface area contributed by atoms with Crippen LogP contribution in [-0.2, 0) is 45.5 Å². The van der Waals surface area contributed by atoms with Gasteiger partial charge in [0.15, 0.2) is 0 Å². The van der Waals surface area contributed by atoms with Gasteiger partial charge in [0.05, 0.1) is 17.6 Å². The summed E-state index contributed by atoms with van der Waals surface area (Å²) in [4.78, 5) is 15.0. The van der Waals surface area contributed by atoms with Crippen molar-refractivity contribution in [3.63, 3.8) is 0 Å². The molecule has 1 unspecified atom stereocenters. The van der Waals surface area contributed by atoms with Gasteiger partial charge in [0, 0.05) is 39.1 Å². The molecular formula is C26H35N3O4S. The van der Waals surface area contributed by atoms with Gasteiger partial charge in [0.25, 0.3) is 0 Å². The molecule has 2 N–H and O–H groups in total. The molecule has 2 aliphatic rings. The van der Waals surface area contributed by atoms with Gasteiger partial charge in [0.2, 0.25) is 15.9 Å². The first-order valence-corrected chi connectivity index (χ1v) is 13.7. The van der Waals surface area contributed by atoms with Crippen molar-refractivity contribution in [1.29, 1.82) is 0 Å². The highest BCUT2D eigenvalue weighted by Crippen LogP contribution is 2.24. The third-order valence-corrected chi connectivity index (χ3v) is 7.95. The minimum atomic E-state index is -3.62. The molecule has 2 aromatic carbocycles. The predicted octanol–water partition coefficient (Wildman–Crippen LogP) is 2.77. The molecule has 2 aromatic rings. The van der Waals surface area contributed by atoms with E-state index in [2.05, 4.69) is 34.0 Å². The first kappa shape index (κ1) is 24.9. The van der Waals surface area contributed by atoms with Crippen LogP contribution in [0.25, 0.3) is 0 Å². The minimum Gasteiger partial charge on any atom is -0.376 e. The van der Waals surface area contributed by atoms with Crippen molar-refractivity contribution in [2.75, 3.05) is 26.2 Å². The Labute approximate surface area is 202 Å². The van der Waals surface area contributed by atoms with Gasteiger partial charge in [-0.05, 0) is 67.0 Å². The number of ether oxygens (including phenoxy) is 1. The Morgan fingerprint density at radius 3 is 2.71 bits per heavy atom. The van der Waals surface area contributed by atoms with Crippen molar-refractivity contribution in [1.82, 2.24) is 14.9 Å². The zero-order valence-electron chi connectivity index (χ0n) is 19.9. The van der Waals surface area contributed by atoms with Gasteiger partial charge in [-0.1, -0.05) is 30.3 Å². The molecule has 0 bridgehead atoms. The monoisotopic (exact) mass is 485 g/mol. The van der Waals surface area contributed by atoms with Crippen LogP contribution in [0.2, 0.25) is 0 Å². The molecular weight excluding hydrogens is 450 g/mol. The van der Waals surface area contributed by atoms with E-state index in [0.29, 0.717) is 6.54 Å². The normalized spacial score (nSPS) is 18.9. The number of hydrogen-bond acceptors (Lipinski definition) is 5. The average molecular weight is 486 g/mol. The molecule has 34 heavy (non-hydrogen) atoms. The number of fused-ring (bicyclic) bond motifs is 1. The van der Waals surface area contributed by atoms with Gasteiger partial charge in [-0.15, -0.1) is 0 Å². The van der Waals surface area contributed by atoms with E-state index in [9.17, 15) is 13.2 Å². The Kier molecular flexibility index (Phi) is 8.37. The number of carbonyl (C=O) groups excluding carboxylic acids is 1. The maximum atomic E-state index is 12.6. The summed E-state index contributed by atoms with van der Waals surface area (Å²) in [6.07, 6.45) is 4.53. The highest BCUT2D eigenvalue weighted by molar-refractivity contribution is 7.89. The lowest BCUT2D eigenvalue weighted by Crippen LogP contribution is -2.40. The number of sulfonamides is 1. The number of carbonyl (C=O) groups is 1. The van der Waals surface area contributed by atoms with E-state index in [4.69, 9.17) is 4.74 Å². The predicted molar refractivity (Wildman–Crippen MR) is 132 cm³/mol. The molecule has 0 radical (unpaired) electrons. The van der Waals surface area contributed by atoms with Gasteiger partial charge >= 0.3 is 0 Å². The standard InChI is InChI=1S/C26H35N3O4S/c1-20-18-29(13-14-33-20)19-22-6-4-5-21(15-22)17-27-26(30)11-12-28-34(31,32)25-10-9-23-7-2-3-8-24(23)16-25/h4-6,9-10,15-16,20,28H,2-3,7-8,11-14,17-19H2,1H3,(H,27,30). The Morgan fingerprint density at radius 1 is 1.09 bits per heavy atom. The van der Waals surface area contributed by atoms with Crippen molar-refractivity contribution in [3.8, 4) is 0 Å². The van der Waals surface area contributed by atoms with Crippen LogP contribution in [-0.4, -0.2) is 51.6 Å². The summed E-state index contributed by atoms with van der Waals surface area (Å²) in [6.45, 7) is 6.04. The molecule has 1 atom stereocenters. The van der Waals surface area contributed by atoms with Gasteiger partial charge in [0.1, 0.15) is 0 Å². The largest absolute Gasteiger partial charge is 0.376 e. The zero-order chi connectivity index (χ0) is 24.0. The van der Waals surface area contributed by atoms with Crippen LogP contribution in [0.5, 0.6) is 0 Å². The lowest BCUT2D eigenvalue weighted by atomic mass is 9.92. The van der Waals surface area contributed by atoms with Crippen molar-refractivity contribution >= 4 is 15.9 Å². The fraction of sp³-hybridized carbons (Fsp3) is 0.500. The summed E-state index contributed by atoms with van der Waals surface area (Å²) in [7, 11) is -3.62. The van der Waals surface area contributed by atoms with Crippen molar-refractivity contribution in [2.24, 2.45) is 0 Å². The summed E-state index contributed by atoms with van der Waals surface area (Å²) in [5.41, 5.74) is 4.60. The van der Waals surface area contributed by atoms with Crippen LogP contribution in [0, 0.1) is 0 Å². The summed E-state index contributed by atoms with van der Waals surface area (Å²) in [5.74, 6) is -0.180. The molecule has 184 valence electrons. The van der Waals surface area contributed by atoms with Crippen LogP contribution in [0.15, 0.2) is 47.4 Å². The fourth-order valence-electron chi connectivity index (χ4n) is 4.68. The van der Waals surface area contributed by atoms with E-state index in [0.717, 1.165) is 63.1 Å². The fourth-order valence-corrected chi connectivity index (χ4v) is 5.76. The van der Waals surface area contributed by atoms with Crippen LogP contribution in [0.3, 0.4) is 0 Å². The van der Waals surface area contributed by atoms with Crippen molar-refractivity contribution in [2.45, 2.75) is 63.1 Å². The van der Waals surface area contributed by atoms with E-state index in [1.54, 1.807) is 12.1 Å². The van der Waals surface area contributed by atoms with Crippen molar-refractivity contribution < 1.29 is 17.9 Å². The molecule has 0 saturated carbocycles.